The van der Waals surface area contributed by atoms with E-state index in [9.17, 15) is 9.59 Å². The fraction of sp³-hybridized carbons (Fsp3) is 0.364. The lowest BCUT2D eigenvalue weighted by Crippen LogP contribution is -2.30. The van der Waals surface area contributed by atoms with Gasteiger partial charge >= 0.3 is 5.97 Å². The number of nitrogens with one attached hydrogen (secondary N) is 1. The molecule has 2 rings (SSSR count). The molecule has 1 amide bonds. The zero-order valence-corrected chi connectivity index (χ0v) is 15.6. The Morgan fingerprint density at radius 1 is 0.962 bits per heavy atom. The first-order valence-corrected chi connectivity index (χ1v) is 9.13. The van der Waals surface area contributed by atoms with Crippen molar-refractivity contribution >= 4 is 11.9 Å². The molecule has 1 N–H and O–H groups in total. The molecular formula is C22H27NO3. The Hall–Kier alpha value is -2.62. The van der Waals surface area contributed by atoms with E-state index in [-0.39, 0.29) is 24.9 Å². The number of aryl methyl sites for hydroxylation is 3. The fourth-order valence-electron chi connectivity index (χ4n) is 2.68. The monoisotopic (exact) mass is 353 g/mol. The summed E-state index contributed by atoms with van der Waals surface area (Å²) in [5.41, 5.74) is 4.79. The van der Waals surface area contributed by atoms with Gasteiger partial charge in [-0.15, -0.1) is 0 Å². The predicted molar refractivity (Wildman–Crippen MR) is 103 cm³/mol. The Labute approximate surface area is 155 Å². The van der Waals surface area contributed by atoms with Crippen LogP contribution in [-0.2, 0) is 33.6 Å². The molecule has 2 aromatic carbocycles. The molecular weight excluding hydrogens is 326 g/mol. The maximum absolute atomic E-state index is 11.8. The van der Waals surface area contributed by atoms with Crippen molar-refractivity contribution in [3.8, 4) is 0 Å². The zero-order chi connectivity index (χ0) is 18.8. The Morgan fingerprint density at radius 3 is 2.35 bits per heavy atom. The lowest BCUT2D eigenvalue weighted by atomic mass is 10.1. The fourth-order valence-corrected chi connectivity index (χ4v) is 2.68. The van der Waals surface area contributed by atoms with Crippen molar-refractivity contribution in [2.24, 2.45) is 0 Å². The molecule has 0 aliphatic carbocycles. The van der Waals surface area contributed by atoms with E-state index in [1.165, 1.54) is 16.7 Å². The first-order chi connectivity index (χ1) is 12.6. The van der Waals surface area contributed by atoms with Gasteiger partial charge in [0.15, 0.2) is 6.61 Å². The number of esters is 1. The number of benzene rings is 2. The summed E-state index contributed by atoms with van der Waals surface area (Å²) in [7, 11) is 0. The van der Waals surface area contributed by atoms with Crippen LogP contribution in [-0.4, -0.2) is 25.0 Å². The molecule has 26 heavy (non-hydrogen) atoms. The molecule has 0 radical (unpaired) electrons. The van der Waals surface area contributed by atoms with Gasteiger partial charge in [0.1, 0.15) is 0 Å². The van der Waals surface area contributed by atoms with Gasteiger partial charge in [-0.05, 0) is 48.4 Å². The van der Waals surface area contributed by atoms with Crippen LogP contribution in [0.25, 0.3) is 0 Å². The van der Waals surface area contributed by atoms with Crippen LogP contribution in [0.1, 0.15) is 35.6 Å². The lowest BCUT2D eigenvalue weighted by molar-refractivity contribution is -0.148. The molecule has 4 nitrogen and oxygen atoms in total. The third kappa shape index (κ3) is 6.71. The van der Waals surface area contributed by atoms with Gasteiger partial charge in [-0.25, -0.2) is 0 Å². The van der Waals surface area contributed by atoms with Gasteiger partial charge in [-0.2, -0.15) is 0 Å². The maximum Gasteiger partial charge on any atom is 0.306 e. The highest BCUT2D eigenvalue weighted by molar-refractivity contribution is 5.80. The average Bonchev–Trinajstić information content (AvgIpc) is 2.66. The lowest BCUT2D eigenvalue weighted by Gasteiger charge is -2.08. The molecule has 4 heteroatoms. The van der Waals surface area contributed by atoms with Crippen LogP contribution < -0.4 is 5.32 Å². The van der Waals surface area contributed by atoms with Crippen molar-refractivity contribution in [2.45, 2.75) is 39.5 Å². The van der Waals surface area contributed by atoms with Crippen LogP contribution in [0.3, 0.4) is 0 Å². The number of carbonyl (C=O) groups excluding carboxylic acids is 2. The molecule has 0 heterocycles. The number of ether oxygens (including phenoxy) is 1. The Kier molecular flexibility index (Phi) is 7.87. The van der Waals surface area contributed by atoms with Crippen LogP contribution in [0, 0.1) is 6.92 Å². The SMILES string of the molecule is CCc1ccc(CCC(=O)OCC(=O)NCCc2ccccc2C)cc1. The maximum atomic E-state index is 11.8. The number of hydrogen-bond acceptors (Lipinski definition) is 3. The van der Waals surface area contributed by atoms with Gasteiger partial charge in [0, 0.05) is 13.0 Å². The number of hydrogen-bond donors (Lipinski definition) is 1. The molecule has 0 aromatic heterocycles. The Balaban J connectivity index is 1.62. The minimum atomic E-state index is -0.348. The molecule has 0 aliphatic rings. The number of carbonyl (C=O) groups is 2. The van der Waals surface area contributed by atoms with Crippen LogP contribution >= 0.6 is 0 Å². The highest BCUT2D eigenvalue weighted by Crippen LogP contribution is 2.08. The molecule has 0 spiro atoms. The first kappa shape index (κ1) is 19.7. The molecule has 0 fully saturated rings. The molecule has 0 unspecified atom stereocenters. The third-order valence-electron chi connectivity index (χ3n) is 4.39. The van der Waals surface area contributed by atoms with Gasteiger partial charge in [-0.1, -0.05) is 55.5 Å². The van der Waals surface area contributed by atoms with Gasteiger partial charge < -0.3 is 10.1 Å². The van der Waals surface area contributed by atoms with E-state index in [2.05, 4.69) is 43.4 Å². The van der Waals surface area contributed by atoms with Crippen LogP contribution in [0.4, 0.5) is 0 Å². The van der Waals surface area contributed by atoms with Gasteiger partial charge in [0.2, 0.25) is 0 Å². The molecule has 0 bridgehead atoms. The second-order valence-electron chi connectivity index (χ2n) is 6.36. The standard InChI is InChI=1S/C22H27NO3/c1-3-18-8-10-19(11-9-18)12-13-22(25)26-16-21(24)23-15-14-20-7-5-4-6-17(20)2/h4-11H,3,12-16H2,1-2H3,(H,23,24). The number of amides is 1. The van der Waals surface area contributed by atoms with Gasteiger partial charge in [-0.3, -0.25) is 9.59 Å². The second-order valence-corrected chi connectivity index (χ2v) is 6.36. The van der Waals surface area contributed by atoms with E-state index in [1.807, 2.05) is 24.3 Å². The van der Waals surface area contributed by atoms with E-state index in [0.29, 0.717) is 13.0 Å². The molecule has 0 aliphatic heterocycles. The van der Waals surface area contributed by atoms with Gasteiger partial charge in [0.25, 0.3) is 5.91 Å². The van der Waals surface area contributed by atoms with Crippen LogP contribution in [0.2, 0.25) is 0 Å². The quantitative estimate of drug-likeness (QED) is 0.703. The summed E-state index contributed by atoms with van der Waals surface area (Å²) in [5.74, 6) is -0.613. The van der Waals surface area contributed by atoms with Crippen LogP contribution in [0.5, 0.6) is 0 Å². The normalized spacial score (nSPS) is 10.4. The van der Waals surface area contributed by atoms with E-state index in [4.69, 9.17) is 4.74 Å². The first-order valence-electron chi connectivity index (χ1n) is 9.13. The molecule has 138 valence electrons. The summed E-state index contributed by atoms with van der Waals surface area (Å²) in [6.07, 6.45) is 2.67. The minimum Gasteiger partial charge on any atom is -0.456 e. The van der Waals surface area contributed by atoms with Crippen molar-refractivity contribution in [1.29, 1.82) is 0 Å². The summed E-state index contributed by atoms with van der Waals surface area (Å²) in [6, 6.07) is 16.3. The van der Waals surface area contributed by atoms with Crippen molar-refractivity contribution < 1.29 is 14.3 Å². The summed E-state index contributed by atoms with van der Waals surface area (Å²) < 4.78 is 5.05. The smallest absolute Gasteiger partial charge is 0.306 e. The van der Waals surface area contributed by atoms with E-state index in [1.54, 1.807) is 0 Å². The topological polar surface area (TPSA) is 55.4 Å². The average molecular weight is 353 g/mol. The molecule has 0 saturated carbocycles. The Bertz CT molecular complexity index is 722. The van der Waals surface area contributed by atoms with Crippen LogP contribution in [0.15, 0.2) is 48.5 Å². The van der Waals surface area contributed by atoms with Crippen molar-refractivity contribution in [3.05, 3.63) is 70.8 Å². The highest BCUT2D eigenvalue weighted by atomic mass is 16.5. The third-order valence-corrected chi connectivity index (χ3v) is 4.39. The van der Waals surface area contributed by atoms with E-state index >= 15 is 0 Å². The summed E-state index contributed by atoms with van der Waals surface area (Å²) in [6.45, 7) is 4.47. The summed E-state index contributed by atoms with van der Waals surface area (Å²) >= 11 is 0. The summed E-state index contributed by atoms with van der Waals surface area (Å²) in [4.78, 5) is 23.6. The van der Waals surface area contributed by atoms with Crippen molar-refractivity contribution in [1.82, 2.24) is 5.32 Å². The largest absolute Gasteiger partial charge is 0.456 e. The van der Waals surface area contributed by atoms with Gasteiger partial charge in [0.05, 0.1) is 0 Å². The Morgan fingerprint density at radius 2 is 1.65 bits per heavy atom. The minimum absolute atomic E-state index is 0.221. The van der Waals surface area contributed by atoms with Crippen molar-refractivity contribution in [3.63, 3.8) is 0 Å². The molecule has 0 atom stereocenters. The zero-order valence-electron chi connectivity index (χ0n) is 15.6. The number of rotatable bonds is 9. The second kappa shape index (κ2) is 10.4. The van der Waals surface area contributed by atoms with Crippen molar-refractivity contribution in [2.75, 3.05) is 13.2 Å². The highest BCUT2D eigenvalue weighted by Gasteiger charge is 2.08. The van der Waals surface area contributed by atoms with E-state index < -0.39 is 0 Å². The predicted octanol–water partition coefficient (Wildman–Crippen LogP) is 3.39. The van der Waals surface area contributed by atoms with E-state index in [0.717, 1.165) is 18.4 Å². The molecule has 0 saturated heterocycles. The molecule has 2 aromatic rings. The summed E-state index contributed by atoms with van der Waals surface area (Å²) in [5, 5.41) is 2.78.